The average Bonchev–Trinajstić information content (AvgIpc) is 3.29. The molecular formula is C12H9LaN6O6. The normalized spacial score (nSPS) is 8.64. The van der Waals surface area contributed by atoms with Crippen molar-refractivity contribution in [3.05, 3.63) is 54.7 Å². The fraction of sp³-hybridized carbons (Fsp3) is 0. The van der Waals surface area contributed by atoms with Gasteiger partial charge in [0.05, 0.1) is 0 Å². The first kappa shape index (κ1) is 22.2. The molecule has 0 aliphatic heterocycles. The standard InChI is InChI=1S/3C4H4N2O2.La/c3*7-4(8)3-5-1-2-6-3;/h3*1-2H,(H,5,6)(H,7,8);/q;;;+3/p-3. The Morgan fingerprint density at radius 2 is 0.880 bits per heavy atom. The van der Waals surface area contributed by atoms with Crippen LogP contribution >= 0.6 is 0 Å². The molecule has 3 rings (SSSR count). The third-order valence-corrected chi connectivity index (χ3v) is 2.07. The Morgan fingerprint density at radius 3 is 0.960 bits per heavy atom. The number of hydrogen-bond acceptors (Lipinski definition) is 9. The molecule has 25 heavy (non-hydrogen) atoms. The van der Waals surface area contributed by atoms with Crippen LogP contribution in [0.3, 0.4) is 0 Å². The van der Waals surface area contributed by atoms with E-state index in [0.29, 0.717) is 0 Å². The van der Waals surface area contributed by atoms with Gasteiger partial charge in [0.25, 0.3) is 0 Å². The van der Waals surface area contributed by atoms with Gasteiger partial charge < -0.3 is 44.7 Å². The van der Waals surface area contributed by atoms with Gasteiger partial charge in [0.2, 0.25) is 0 Å². The summed E-state index contributed by atoms with van der Waals surface area (Å²) in [6.45, 7) is 0. The van der Waals surface area contributed by atoms with Gasteiger partial charge in [-0.1, -0.05) is 0 Å². The van der Waals surface area contributed by atoms with Gasteiger partial charge in [-0.2, -0.15) is 0 Å². The minimum Gasteiger partial charge on any atom is -0.542 e. The molecule has 0 unspecified atom stereocenters. The molecule has 0 spiro atoms. The summed E-state index contributed by atoms with van der Waals surface area (Å²) in [7, 11) is 0. The number of carboxylic acid groups (broad SMARTS) is 3. The van der Waals surface area contributed by atoms with Crippen LogP contribution in [0.1, 0.15) is 31.9 Å². The van der Waals surface area contributed by atoms with Crippen LogP contribution < -0.4 is 15.3 Å². The van der Waals surface area contributed by atoms with Gasteiger partial charge in [0.1, 0.15) is 17.9 Å². The Balaban J connectivity index is 0.000000339. The van der Waals surface area contributed by atoms with Crippen LogP contribution in [0.2, 0.25) is 0 Å². The number of carbonyl (C=O) groups is 3. The summed E-state index contributed by atoms with van der Waals surface area (Å²) in [5.41, 5.74) is 0. The maximum Gasteiger partial charge on any atom is 3.00 e. The average molecular weight is 472 g/mol. The van der Waals surface area contributed by atoms with Gasteiger partial charge in [0, 0.05) is 37.2 Å². The van der Waals surface area contributed by atoms with Crippen molar-refractivity contribution in [3.63, 3.8) is 0 Å². The number of aromatic amines is 3. The largest absolute Gasteiger partial charge is 3.00 e. The molecule has 0 saturated heterocycles. The van der Waals surface area contributed by atoms with Crippen LogP contribution in [0, 0.1) is 35.6 Å². The van der Waals surface area contributed by atoms with Crippen molar-refractivity contribution in [1.82, 2.24) is 29.9 Å². The van der Waals surface area contributed by atoms with Crippen LogP contribution in [0.4, 0.5) is 0 Å². The second-order valence-corrected chi connectivity index (χ2v) is 3.68. The van der Waals surface area contributed by atoms with Crippen molar-refractivity contribution in [2.75, 3.05) is 0 Å². The van der Waals surface area contributed by atoms with E-state index in [1.807, 2.05) is 0 Å². The van der Waals surface area contributed by atoms with Crippen LogP contribution in [0.15, 0.2) is 37.2 Å². The molecule has 0 bridgehead atoms. The quantitative estimate of drug-likeness (QED) is 0.343. The van der Waals surface area contributed by atoms with E-state index < -0.39 is 17.9 Å². The Kier molecular flexibility index (Phi) is 10.4. The van der Waals surface area contributed by atoms with E-state index in [1.165, 1.54) is 37.2 Å². The van der Waals surface area contributed by atoms with Crippen LogP contribution in [-0.2, 0) is 0 Å². The molecule has 0 aliphatic carbocycles. The van der Waals surface area contributed by atoms with Crippen molar-refractivity contribution in [2.45, 2.75) is 0 Å². The molecule has 126 valence electrons. The molecule has 3 heterocycles. The Labute approximate surface area is 167 Å². The molecule has 3 aromatic rings. The van der Waals surface area contributed by atoms with E-state index in [2.05, 4.69) is 29.9 Å². The molecule has 0 radical (unpaired) electrons. The number of imidazole rings is 3. The summed E-state index contributed by atoms with van der Waals surface area (Å²) >= 11 is 0. The van der Waals surface area contributed by atoms with Crippen LogP contribution in [0.25, 0.3) is 0 Å². The Hall–Kier alpha value is -2.77. The van der Waals surface area contributed by atoms with Gasteiger partial charge >= 0.3 is 35.6 Å². The maximum absolute atomic E-state index is 9.86. The van der Waals surface area contributed by atoms with Gasteiger partial charge in [0.15, 0.2) is 17.5 Å². The van der Waals surface area contributed by atoms with Gasteiger partial charge in [-0.3, -0.25) is 0 Å². The third-order valence-electron chi connectivity index (χ3n) is 2.07. The van der Waals surface area contributed by atoms with Gasteiger partial charge in [-0.05, 0) is 0 Å². The van der Waals surface area contributed by atoms with E-state index >= 15 is 0 Å². The number of aromatic nitrogens is 6. The molecule has 0 saturated carbocycles. The van der Waals surface area contributed by atoms with Crippen molar-refractivity contribution < 1.29 is 65.3 Å². The number of rotatable bonds is 3. The Bertz CT molecular complexity index is 651. The minimum absolute atomic E-state index is 0. The summed E-state index contributed by atoms with van der Waals surface area (Å²) < 4.78 is 0. The first-order valence-electron chi connectivity index (χ1n) is 6.04. The summed E-state index contributed by atoms with van der Waals surface area (Å²) in [6.07, 6.45) is 8.32. The molecule has 12 nitrogen and oxygen atoms in total. The number of carboxylic acids is 3. The number of carbonyl (C=O) groups excluding carboxylic acids is 3. The van der Waals surface area contributed by atoms with E-state index in [0.717, 1.165) is 0 Å². The fourth-order valence-electron chi connectivity index (χ4n) is 1.13. The minimum atomic E-state index is -1.28. The molecule has 0 aromatic carbocycles. The topological polar surface area (TPSA) is 206 Å². The first-order chi connectivity index (χ1) is 11.4. The van der Waals surface area contributed by atoms with E-state index in [4.69, 9.17) is 0 Å². The zero-order valence-corrected chi connectivity index (χ0v) is 16.0. The molecule has 0 aliphatic rings. The Morgan fingerprint density at radius 1 is 0.640 bits per heavy atom. The van der Waals surface area contributed by atoms with Crippen LogP contribution in [-0.4, -0.2) is 47.8 Å². The van der Waals surface area contributed by atoms with Crippen molar-refractivity contribution in [1.29, 1.82) is 0 Å². The number of nitrogens with one attached hydrogen (secondary N) is 3. The zero-order valence-electron chi connectivity index (χ0n) is 12.3. The molecule has 0 amide bonds. The molecule has 3 N–H and O–H groups in total. The fourth-order valence-corrected chi connectivity index (χ4v) is 1.13. The molecule has 0 fully saturated rings. The summed E-state index contributed by atoms with van der Waals surface area (Å²) in [5.74, 6) is -4.25. The van der Waals surface area contributed by atoms with Gasteiger partial charge in [-0.25, -0.2) is 15.0 Å². The van der Waals surface area contributed by atoms with Crippen molar-refractivity contribution in [2.24, 2.45) is 0 Å². The summed E-state index contributed by atoms with van der Waals surface area (Å²) in [4.78, 5) is 46.9. The van der Waals surface area contributed by atoms with E-state index in [9.17, 15) is 29.7 Å². The molecular weight excluding hydrogens is 463 g/mol. The number of aromatic carboxylic acids is 3. The number of H-pyrrole nitrogens is 3. The monoisotopic (exact) mass is 472 g/mol. The molecule has 3 aromatic heterocycles. The second-order valence-electron chi connectivity index (χ2n) is 3.68. The predicted octanol–water partition coefficient (Wildman–Crippen LogP) is -3.68. The first-order valence-corrected chi connectivity index (χ1v) is 6.04. The molecule has 0 atom stereocenters. The maximum atomic E-state index is 9.86. The van der Waals surface area contributed by atoms with Crippen molar-refractivity contribution in [3.8, 4) is 0 Å². The van der Waals surface area contributed by atoms with Gasteiger partial charge in [-0.15, -0.1) is 0 Å². The predicted molar refractivity (Wildman–Crippen MR) is 68.8 cm³/mol. The molecule has 13 heteroatoms. The zero-order chi connectivity index (χ0) is 17.9. The third kappa shape index (κ3) is 8.59. The number of hydrogen-bond donors (Lipinski definition) is 3. The smallest absolute Gasteiger partial charge is 0.542 e. The summed E-state index contributed by atoms with van der Waals surface area (Å²) in [5, 5.41) is 29.6. The number of nitrogens with zero attached hydrogens (tertiary/aromatic N) is 3. The SMILES string of the molecule is O=C([O-])c1ncc[nH]1.O=C([O-])c1ncc[nH]1.O=C([O-])c1ncc[nH]1.[La+3]. The van der Waals surface area contributed by atoms with Crippen molar-refractivity contribution >= 4 is 17.9 Å². The summed E-state index contributed by atoms with van der Waals surface area (Å²) in [6, 6.07) is 0. The van der Waals surface area contributed by atoms with E-state index in [1.54, 1.807) is 0 Å². The van der Waals surface area contributed by atoms with E-state index in [-0.39, 0.29) is 53.1 Å². The van der Waals surface area contributed by atoms with Crippen LogP contribution in [0.5, 0.6) is 0 Å². The second kappa shape index (κ2) is 11.7.